The SMILES string of the molecule is CCCC[C@H](NC(=O)CC(C)NC(=O)C1CCCC1)C(=O)O. The van der Waals surface area contributed by atoms with Crippen LogP contribution in [0.25, 0.3) is 0 Å². The minimum Gasteiger partial charge on any atom is -0.480 e. The van der Waals surface area contributed by atoms with Crippen LogP contribution in [-0.4, -0.2) is 35.0 Å². The van der Waals surface area contributed by atoms with E-state index in [-0.39, 0.29) is 30.2 Å². The van der Waals surface area contributed by atoms with Crippen molar-refractivity contribution >= 4 is 17.8 Å². The lowest BCUT2D eigenvalue weighted by atomic mass is 10.1. The molecule has 0 aromatic rings. The van der Waals surface area contributed by atoms with E-state index in [0.29, 0.717) is 6.42 Å². The molecule has 1 aliphatic rings. The highest BCUT2D eigenvalue weighted by Crippen LogP contribution is 2.24. The number of unbranched alkanes of at least 4 members (excludes halogenated alkanes) is 1. The lowest BCUT2D eigenvalue weighted by molar-refractivity contribution is -0.142. The molecule has 2 amide bonds. The van der Waals surface area contributed by atoms with Crippen molar-refractivity contribution in [2.45, 2.75) is 77.3 Å². The van der Waals surface area contributed by atoms with Gasteiger partial charge in [0.1, 0.15) is 6.04 Å². The third-order valence-corrected chi connectivity index (χ3v) is 4.09. The molecule has 1 unspecified atom stereocenters. The fourth-order valence-corrected chi connectivity index (χ4v) is 2.80. The van der Waals surface area contributed by atoms with Crippen molar-refractivity contribution in [2.24, 2.45) is 5.92 Å². The molecule has 0 aromatic heterocycles. The second kappa shape index (κ2) is 9.43. The number of carbonyl (C=O) groups excluding carboxylic acids is 2. The summed E-state index contributed by atoms with van der Waals surface area (Å²) in [6.45, 7) is 3.75. The fraction of sp³-hybridized carbons (Fsp3) is 0.812. The monoisotopic (exact) mass is 312 g/mol. The van der Waals surface area contributed by atoms with Crippen LogP contribution >= 0.6 is 0 Å². The molecule has 0 radical (unpaired) electrons. The van der Waals surface area contributed by atoms with Crippen molar-refractivity contribution in [1.82, 2.24) is 10.6 Å². The maximum atomic E-state index is 12.0. The molecule has 126 valence electrons. The Bertz CT molecular complexity index is 392. The molecule has 1 rings (SSSR count). The molecule has 0 aromatic carbocycles. The number of amides is 2. The van der Waals surface area contributed by atoms with E-state index in [1.165, 1.54) is 0 Å². The van der Waals surface area contributed by atoms with E-state index in [2.05, 4.69) is 10.6 Å². The van der Waals surface area contributed by atoms with Crippen LogP contribution in [0.2, 0.25) is 0 Å². The quantitative estimate of drug-likeness (QED) is 0.605. The molecule has 1 saturated carbocycles. The number of nitrogens with one attached hydrogen (secondary N) is 2. The average Bonchev–Trinajstić information content (AvgIpc) is 2.96. The smallest absolute Gasteiger partial charge is 0.326 e. The number of carboxylic acids is 1. The number of carbonyl (C=O) groups is 3. The van der Waals surface area contributed by atoms with Gasteiger partial charge in [0.15, 0.2) is 0 Å². The summed E-state index contributed by atoms with van der Waals surface area (Å²) in [4.78, 5) is 35.0. The van der Waals surface area contributed by atoms with Gasteiger partial charge < -0.3 is 15.7 Å². The maximum absolute atomic E-state index is 12.0. The van der Waals surface area contributed by atoms with Crippen molar-refractivity contribution < 1.29 is 19.5 Å². The van der Waals surface area contributed by atoms with E-state index >= 15 is 0 Å². The summed E-state index contributed by atoms with van der Waals surface area (Å²) in [5, 5.41) is 14.5. The number of aliphatic carboxylic acids is 1. The third kappa shape index (κ3) is 6.45. The first-order valence-electron chi connectivity index (χ1n) is 8.26. The Labute approximate surface area is 132 Å². The Kier molecular flexibility index (Phi) is 7.91. The van der Waals surface area contributed by atoms with Gasteiger partial charge in [-0.2, -0.15) is 0 Å². The number of hydrogen-bond acceptors (Lipinski definition) is 3. The minimum atomic E-state index is -1.01. The van der Waals surface area contributed by atoms with Crippen LogP contribution < -0.4 is 10.6 Å². The second-order valence-electron chi connectivity index (χ2n) is 6.20. The van der Waals surface area contributed by atoms with E-state index in [4.69, 9.17) is 5.11 Å². The normalized spacial score (nSPS) is 17.7. The highest BCUT2D eigenvalue weighted by Gasteiger charge is 2.25. The molecule has 0 spiro atoms. The van der Waals surface area contributed by atoms with Gasteiger partial charge in [-0.25, -0.2) is 4.79 Å². The summed E-state index contributed by atoms with van der Waals surface area (Å²) in [6.07, 6.45) is 6.19. The zero-order chi connectivity index (χ0) is 16.5. The van der Waals surface area contributed by atoms with Gasteiger partial charge in [-0.05, 0) is 26.2 Å². The van der Waals surface area contributed by atoms with E-state index in [1.807, 2.05) is 6.92 Å². The average molecular weight is 312 g/mol. The topological polar surface area (TPSA) is 95.5 Å². The molecule has 6 heteroatoms. The van der Waals surface area contributed by atoms with Crippen LogP contribution in [0.4, 0.5) is 0 Å². The Balaban J connectivity index is 2.35. The van der Waals surface area contributed by atoms with Crippen LogP contribution in [-0.2, 0) is 14.4 Å². The number of rotatable bonds is 9. The summed E-state index contributed by atoms with van der Waals surface area (Å²) < 4.78 is 0. The van der Waals surface area contributed by atoms with Crippen molar-refractivity contribution in [1.29, 1.82) is 0 Å². The second-order valence-corrected chi connectivity index (χ2v) is 6.20. The van der Waals surface area contributed by atoms with Gasteiger partial charge in [-0.3, -0.25) is 9.59 Å². The molecule has 0 bridgehead atoms. The first-order valence-corrected chi connectivity index (χ1v) is 8.26. The summed E-state index contributed by atoms with van der Waals surface area (Å²) in [5.41, 5.74) is 0. The van der Waals surface area contributed by atoms with E-state index < -0.39 is 12.0 Å². The van der Waals surface area contributed by atoms with Crippen molar-refractivity contribution in [2.75, 3.05) is 0 Å². The molecule has 1 aliphatic carbocycles. The van der Waals surface area contributed by atoms with Gasteiger partial charge in [0.25, 0.3) is 0 Å². The Morgan fingerprint density at radius 1 is 1.18 bits per heavy atom. The van der Waals surface area contributed by atoms with Gasteiger partial charge in [0.2, 0.25) is 11.8 Å². The minimum absolute atomic E-state index is 0.0126. The number of hydrogen-bond donors (Lipinski definition) is 3. The highest BCUT2D eigenvalue weighted by molar-refractivity contribution is 5.84. The largest absolute Gasteiger partial charge is 0.480 e. The van der Waals surface area contributed by atoms with Crippen LogP contribution in [0.15, 0.2) is 0 Å². The lowest BCUT2D eigenvalue weighted by Crippen LogP contribution is -2.44. The van der Waals surface area contributed by atoms with Crippen molar-refractivity contribution in [3.05, 3.63) is 0 Å². The molecule has 0 saturated heterocycles. The van der Waals surface area contributed by atoms with Gasteiger partial charge in [0, 0.05) is 18.4 Å². The Morgan fingerprint density at radius 3 is 2.36 bits per heavy atom. The zero-order valence-electron chi connectivity index (χ0n) is 13.6. The van der Waals surface area contributed by atoms with Crippen LogP contribution in [0.5, 0.6) is 0 Å². The van der Waals surface area contributed by atoms with E-state index in [9.17, 15) is 14.4 Å². The molecule has 6 nitrogen and oxygen atoms in total. The van der Waals surface area contributed by atoms with E-state index in [1.54, 1.807) is 6.92 Å². The van der Waals surface area contributed by atoms with Crippen molar-refractivity contribution in [3.63, 3.8) is 0 Å². The van der Waals surface area contributed by atoms with Gasteiger partial charge in [-0.15, -0.1) is 0 Å². The first-order chi connectivity index (χ1) is 10.4. The standard InChI is InChI=1S/C16H28N2O4/c1-3-4-9-13(16(21)22)18-14(19)10-11(2)17-15(20)12-7-5-6-8-12/h11-13H,3-10H2,1-2H3,(H,17,20)(H,18,19)(H,21,22)/t11?,13-/m0/s1. The molecule has 22 heavy (non-hydrogen) atoms. The van der Waals surface area contributed by atoms with Crippen LogP contribution in [0, 0.1) is 5.92 Å². The van der Waals surface area contributed by atoms with Crippen LogP contribution in [0.3, 0.4) is 0 Å². The predicted molar refractivity (Wildman–Crippen MR) is 83.3 cm³/mol. The molecule has 0 aliphatic heterocycles. The molecule has 1 fully saturated rings. The van der Waals surface area contributed by atoms with Gasteiger partial charge in [0.05, 0.1) is 0 Å². The molecular formula is C16H28N2O4. The predicted octanol–water partition coefficient (Wildman–Crippen LogP) is 1.83. The lowest BCUT2D eigenvalue weighted by Gasteiger charge is -2.19. The molecule has 3 N–H and O–H groups in total. The molecule has 2 atom stereocenters. The highest BCUT2D eigenvalue weighted by atomic mass is 16.4. The summed E-state index contributed by atoms with van der Waals surface area (Å²) >= 11 is 0. The molecular weight excluding hydrogens is 284 g/mol. The zero-order valence-corrected chi connectivity index (χ0v) is 13.6. The van der Waals surface area contributed by atoms with E-state index in [0.717, 1.165) is 38.5 Å². The summed E-state index contributed by atoms with van der Waals surface area (Å²) in [7, 11) is 0. The number of carboxylic acid groups (broad SMARTS) is 1. The Hall–Kier alpha value is -1.59. The maximum Gasteiger partial charge on any atom is 0.326 e. The summed E-state index contributed by atoms with van der Waals surface area (Å²) in [6, 6.07) is -1.13. The van der Waals surface area contributed by atoms with Crippen molar-refractivity contribution in [3.8, 4) is 0 Å². The Morgan fingerprint density at radius 2 is 1.82 bits per heavy atom. The summed E-state index contributed by atoms with van der Waals surface area (Å²) in [5.74, 6) is -1.26. The van der Waals surface area contributed by atoms with Gasteiger partial charge in [-0.1, -0.05) is 32.6 Å². The first kappa shape index (κ1) is 18.5. The van der Waals surface area contributed by atoms with Crippen LogP contribution in [0.1, 0.15) is 65.2 Å². The third-order valence-electron chi connectivity index (χ3n) is 4.09. The molecule has 0 heterocycles. The van der Waals surface area contributed by atoms with Gasteiger partial charge >= 0.3 is 5.97 Å². The fourth-order valence-electron chi connectivity index (χ4n) is 2.80.